The fourth-order valence-corrected chi connectivity index (χ4v) is 1.50. The van der Waals surface area contributed by atoms with E-state index in [1.54, 1.807) is 0 Å². The van der Waals surface area contributed by atoms with E-state index >= 15 is 0 Å². The monoisotopic (exact) mass is 103 g/mol. The minimum absolute atomic E-state index is 0.741. The Kier molecular flexibility index (Phi) is 1.03. The van der Waals surface area contributed by atoms with Crippen molar-refractivity contribution in [1.82, 2.24) is 4.75 Å². The van der Waals surface area contributed by atoms with Crippen molar-refractivity contribution in [1.29, 1.82) is 0 Å². The van der Waals surface area contributed by atoms with Crippen LogP contribution in [0.3, 0.4) is 0 Å². The molecule has 1 atom stereocenters. The van der Waals surface area contributed by atoms with Gasteiger partial charge in [-0.15, -0.1) is 0 Å². The van der Waals surface area contributed by atoms with Crippen LogP contribution in [-0.2, 0) is 0 Å². The summed E-state index contributed by atoms with van der Waals surface area (Å²) in [5, 5.41) is 0. The first kappa shape index (κ1) is 3.33. The Balaban J connectivity index is 3.13. The largest absolute Gasteiger partial charge is 0.244 e. The van der Waals surface area contributed by atoms with Crippen LogP contribution in [0.2, 0.25) is 0 Å². The highest BCUT2D eigenvalue weighted by atomic mass is 31.1. The maximum absolute atomic E-state index is 3.92. The zero-order valence-corrected chi connectivity index (χ0v) is 4.44. The lowest BCUT2D eigenvalue weighted by Crippen LogP contribution is -1.25. The van der Waals surface area contributed by atoms with Crippen molar-refractivity contribution in [3.05, 3.63) is 11.5 Å². The molecule has 0 saturated carbocycles. The van der Waals surface area contributed by atoms with Gasteiger partial charge < -0.3 is 0 Å². The van der Waals surface area contributed by atoms with Gasteiger partial charge >= 0.3 is 0 Å². The summed E-state index contributed by atoms with van der Waals surface area (Å²) in [6.45, 7) is 0. The van der Waals surface area contributed by atoms with Gasteiger partial charge in [0.15, 0.2) is 0 Å². The maximum Gasteiger partial charge on any atom is 0.0580 e. The van der Waals surface area contributed by atoms with E-state index in [2.05, 4.69) is 10.3 Å². The summed E-state index contributed by atoms with van der Waals surface area (Å²) < 4.78 is 3.92. The van der Waals surface area contributed by atoms with E-state index in [-0.39, 0.29) is 0 Å². The topological polar surface area (TPSA) is 12.9 Å². The molecule has 5 heavy (non-hydrogen) atoms. The summed E-state index contributed by atoms with van der Waals surface area (Å²) in [4.78, 5) is 0. The van der Waals surface area contributed by atoms with Crippen LogP contribution in [0.15, 0.2) is 11.5 Å². The first-order valence-corrected chi connectivity index (χ1v) is 3.34. The molecule has 26 valence electrons. The molecule has 0 aliphatic rings. The van der Waals surface area contributed by atoms with Crippen molar-refractivity contribution in [2.45, 2.75) is 0 Å². The van der Waals surface area contributed by atoms with Gasteiger partial charge in [-0.25, -0.2) is 4.75 Å². The molecule has 0 bridgehead atoms. The molecule has 1 rings (SSSR count). The molecule has 0 aliphatic heterocycles. The number of hydrogen-bond donors (Lipinski definition) is 0. The molecule has 0 spiro atoms. The van der Waals surface area contributed by atoms with Crippen LogP contribution in [0, 0.1) is 0 Å². The summed E-state index contributed by atoms with van der Waals surface area (Å²) >= 11 is 0. The van der Waals surface area contributed by atoms with Crippen molar-refractivity contribution in [3.8, 4) is 0 Å². The highest BCUT2D eigenvalue weighted by molar-refractivity contribution is 7.43. The second-order valence-corrected chi connectivity index (χ2v) is 2.73. The third-order valence-electron chi connectivity index (χ3n) is 0.331. The lowest BCUT2D eigenvalue weighted by atomic mass is 11.7. The van der Waals surface area contributed by atoms with E-state index in [1.807, 2.05) is 5.93 Å². The van der Waals surface area contributed by atoms with E-state index in [4.69, 9.17) is 0 Å². The van der Waals surface area contributed by atoms with E-state index < -0.39 is 0 Å². The summed E-state index contributed by atoms with van der Waals surface area (Å²) in [6.07, 6.45) is 0. The SMILES string of the molecule is c1n[pH]cp1. The smallest absolute Gasteiger partial charge is 0.0580 e. The molecular weight excluding hydrogens is 100.0 g/mol. The molecule has 0 aliphatic carbocycles. The number of nitrogens with zero attached hydrogens (tertiary/aromatic N) is 1. The van der Waals surface area contributed by atoms with Crippen molar-refractivity contribution in [2.24, 2.45) is 0 Å². The van der Waals surface area contributed by atoms with E-state index in [1.165, 1.54) is 8.19 Å². The van der Waals surface area contributed by atoms with Crippen LogP contribution in [0.25, 0.3) is 0 Å². The van der Waals surface area contributed by atoms with Crippen molar-refractivity contribution in [2.75, 3.05) is 0 Å². The highest BCUT2D eigenvalue weighted by Crippen LogP contribution is 2.07. The minimum atomic E-state index is 0.741. The Bertz CT molecular complexity index is 64.1. The van der Waals surface area contributed by atoms with Gasteiger partial charge in [-0.3, -0.25) is 0 Å². The van der Waals surface area contributed by atoms with Crippen LogP contribution >= 0.6 is 16.5 Å². The highest BCUT2D eigenvalue weighted by Gasteiger charge is 1.59. The third-order valence-corrected chi connectivity index (χ3v) is 2.13. The lowest BCUT2D eigenvalue weighted by Gasteiger charge is -1.42. The quantitative estimate of drug-likeness (QED) is 0.486. The molecule has 3 heteroatoms. The number of rotatable bonds is 0. The van der Waals surface area contributed by atoms with Gasteiger partial charge in [0.25, 0.3) is 0 Å². The third kappa shape index (κ3) is 0.718. The lowest BCUT2D eigenvalue weighted by molar-refractivity contribution is 1.65. The van der Waals surface area contributed by atoms with Crippen LogP contribution in [0.1, 0.15) is 0 Å². The number of aromatic nitrogens is 1. The van der Waals surface area contributed by atoms with Crippen molar-refractivity contribution >= 4 is 16.5 Å². The molecule has 0 aromatic carbocycles. The second-order valence-electron chi connectivity index (χ2n) is 0.652. The average Bonchev–Trinajstić information content (AvgIpc) is 1.76. The molecule has 0 N–H and O–H groups in total. The van der Waals surface area contributed by atoms with Gasteiger partial charge in [-0.2, -0.15) is 0 Å². The summed E-state index contributed by atoms with van der Waals surface area (Å²) in [7, 11) is 2.03. The summed E-state index contributed by atoms with van der Waals surface area (Å²) in [5.74, 6) is 1.92. The van der Waals surface area contributed by atoms with E-state index in [0.29, 0.717) is 0 Å². The molecule has 1 aromatic heterocycles. The van der Waals surface area contributed by atoms with Crippen LogP contribution in [-0.4, -0.2) is 4.75 Å². The van der Waals surface area contributed by atoms with Crippen molar-refractivity contribution in [3.63, 3.8) is 0 Å². The minimum Gasteiger partial charge on any atom is -0.244 e. The standard InChI is InChI=1S/C2H3NP2/c1-3-5-2-4-1/h1-2,5H. The second kappa shape index (κ2) is 1.55. The van der Waals surface area contributed by atoms with Gasteiger partial charge in [0.1, 0.15) is 0 Å². The van der Waals surface area contributed by atoms with E-state index in [0.717, 1.165) is 8.35 Å². The molecule has 0 radical (unpaired) electrons. The van der Waals surface area contributed by atoms with Crippen LogP contribution in [0.4, 0.5) is 0 Å². The maximum atomic E-state index is 3.92. The molecule has 0 saturated heterocycles. The Labute approximate surface area is 33.7 Å². The Morgan fingerprint density at radius 1 is 1.80 bits per heavy atom. The van der Waals surface area contributed by atoms with Gasteiger partial charge in [-0.05, 0) is 8.35 Å². The van der Waals surface area contributed by atoms with Crippen molar-refractivity contribution < 1.29 is 0 Å². The summed E-state index contributed by atoms with van der Waals surface area (Å²) in [5.41, 5.74) is 2.14. The van der Waals surface area contributed by atoms with Gasteiger partial charge in [-0.1, -0.05) is 8.19 Å². The Morgan fingerprint density at radius 2 is 2.80 bits per heavy atom. The van der Waals surface area contributed by atoms with Gasteiger partial charge in [0.2, 0.25) is 0 Å². The molecular formula is C2H3NP2. The molecule has 0 amide bonds. The van der Waals surface area contributed by atoms with Crippen LogP contribution in [0.5, 0.6) is 0 Å². The molecule has 1 nitrogen and oxygen atoms in total. The zero-order valence-electron chi connectivity index (χ0n) is 2.55. The van der Waals surface area contributed by atoms with Gasteiger partial charge in [0.05, 0.1) is 5.93 Å². The van der Waals surface area contributed by atoms with Crippen LogP contribution < -0.4 is 0 Å². The summed E-state index contributed by atoms with van der Waals surface area (Å²) in [6, 6.07) is 0. The predicted octanol–water partition coefficient (Wildman–Crippen LogP) is 1.69. The predicted molar refractivity (Wildman–Crippen MR) is 26.3 cm³/mol. The first-order chi connectivity index (χ1) is 2.50. The molecule has 1 unspecified atom stereocenters. The van der Waals surface area contributed by atoms with Gasteiger partial charge in [0, 0.05) is 5.53 Å². The Hall–Kier alpha value is 0.140. The fourth-order valence-electron chi connectivity index (χ4n) is 0.167. The fraction of sp³-hybridized carbons (Fsp3) is 0. The molecule has 0 fully saturated rings. The normalized spacial score (nSPS) is 11.2. The Morgan fingerprint density at radius 3 is 3.00 bits per heavy atom. The molecule has 1 aromatic rings. The first-order valence-electron chi connectivity index (χ1n) is 1.29. The molecule has 1 heterocycles. The zero-order chi connectivity index (χ0) is 3.54. The average molecular weight is 103 g/mol. The van der Waals surface area contributed by atoms with E-state index in [9.17, 15) is 0 Å². The number of hydrogen-bond acceptors (Lipinski definition) is 1.